The van der Waals surface area contributed by atoms with E-state index >= 15 is 0 Å². The number of phenolic OH excluding ortho intramolecular Hbond substituents is 1. The highest BCUT2D eigenvalue weighted by Crippen LogP contribution is 2.47. The van der Waals surface area contributed by atoms with Gasteiger partial charge in [-0.3, -0.25) is 9.59 Å². The highest BCUT2D eigenvalue weighted by molar-refractivity contribution is 5.93. The van der Waals surface area contributed by atoms with Crippen molar-refractivity contribution in [2.24, 2.45) is 0 Å². The van der Waals surface area contributed by atoms with Crippen LogP contribution >= 0.6 is 0 Å². The van der Waals surface area contributed by atoms with Crippen molar-refractivity contribution in [1.29, 1.82) is 0 Å². The molecule has 1 aromatic rings. The second-order valence-corrected chi connectivity index (χ2v) is 7.80. The summed E-state index contributed by atoms with van der Waals surface area (Å²) < 4.78 is 5.34. The Bertz CT molecular complexity index is 634. The van der Waals surface area contributed by atoms with Crippen LogP contribution in [0.5, 0.6) is 11.5 Å². The summed E-state index contributed by atoms with van der Waals surface area (Å²) >= 11 is 0. The average molecular weight is 321 g/mol. The minimum atomic E-state index is -0.474. The predicted molar refractivity (Wildman–Crippen MR) is 91.1 cm³/mol. The zero-order chi connectivity index (χ0) is 18.2. The molecule has 1 amide bonds. The van der Waals surface area contributed by atoms with E-state index in [2.05, 4.69) is 5.32 Å². The fourth-order valence-electron chi connectivity index (χ4n) is 2.50. The second kappa shape index (κ2) is 6.22. The van der Waals surface area contributed by atoms with Gasteiger partial charge in [0.15, 0.2) is 0 Å². The lowest BCUT2D eigenvalue weighted by Crippen LogP contribution is -2.22. The van der Waals surface area contributed by atoms with E-state index in [1.165, 1.54) is 13.8 Å². The number of hydrogen-bond donors (Lipinski definition) is 2. The molecule has 128 valence electrons. The molecule has 5 heteroatoms. The lowest BCUT2D eigenvalue weighted by atomic mass is 9.79. The summed E-state index contributed by atoms with van der Waals surface area (Å²) in [7, 11) is 0. The van der Waals surface area contributed by atoms with E-state index in [1.807, 2.05) is 41.5 Å². The molecule has 1 rings (SSSR count). The van der Waals surface area contributed by atoms with Crippen molar-refractivity contribution in [3.8, 4) is 11.5 Å². The number of nitrogens with one attached hydrogen (secondary N) is 1. The maximum Gasteiger partial charge on any atom is 0.308 e. The van der Waals surface area contributed by atoms with Gasteiger partial charge in [0.2, 0.25) is 5.91 Å². The quantitative estimate of drug-likeness (QED) is 0.492. The van der Waals surface area contributed by atoms with Crippen molar-refractivity contribution in [3.63, 3.8) is 0 Å². The van der Waals surface area contributed by atoms with Crippen molar-refractivity contribution >= 4 is 17.6 Å². The molecule has 0 aliphatic heterocycles. The minimum absolute atomic E-state index is 0.0589. The molecular formula is C18H27NO4. The number of amides is 1. The molecular weight excluding hydrogens is 294 g/mol. The minimum Gasteiger partial charge on any atom is -0.505 e. The summed E-state index contributed by atoms with van der Waals surface area (Å²) in [5.41, 5.74) is 0.726. The van der Waals surface area contributed by atoms with Gasteiger partial charge in [0.05, 0.1) is 5.69 Å². The molecule has 0 saturated carbocycles. The lowest BCUT2D eigenvalue weighted by Gasteiger charge is -2.30. The SMILES string of the molecule is CC(=O)Nc1c(C(C)(C)C)cc(OC(C)=O)c(C(C)(C)C)c1O. The molecule has 0 fully saturated rings. The van der Waals surface area contributed by atoms with Crippen molar-refractivity contribution in [3.05, 3.63) is 17.2 Å². The van der Waals surface area contributed by atoms with Gasteiger partial charge in [-0.25, -0.2) is 0 Å². The van der Waals surface area contributed by atoms with Gasteiger partial charge in [-0.2, -0.15) is 0 Å². The number of anilines is 1. The molecule has 2 N–H and O–H groups in total. The Morgan fingerprint density at radius 1 is 1.04 bits per heavy atom. The van der Waals surface area contributed by atoms with Gasteiger partial charge in [0.1, 0.15) is 11.5 Å². The van der Waals surface area contributed by atoms with Crippen LogP contribution in [0, 0.1) is 0 Å². The number of rotatable bonds is 2. The van der Waals surface area contributed by atoms with E-state index < -0.39 is 11.4 Å². The van der Waals surface area contributed by atoms with Crippen LogP contribution in [0.3, 0.4) is 0 Å². The first-order valence-corrected chi connectivity index (χ1v) is 7.62. The van der Waals surface area contributed by atoms with Crippen LogP contribution in [0.1, 0.15) is 66.5 Å². The normalized spacial score (nSPS) is 12.0. The molecule has 0 aromatic heterocycles. The summed E-state index contributed by atoms with van der Waals surface area (Å²) in [5, 5.41) is 13.5. The number of carbonyl (C=O) groups excluding carboxylic acids is 2. The number of aromatic hydroxyl groups is 1. The number of hydrogen-bond acceptors (Lipinski definition) is 4. The van der Waals surface area contributed by atoms with Crippen molar-refractivity contribution in [2.45, 2.75) is 66.2 Å². The van der Waals surface area contributed by atoms with Crippen LogP contribution in [-0.4, -0.2) is 17.0 Å². The number of ether oxygens (including phenoxy) is 1. The number of esters is 1. The zero-order valence-corrected chi connectivity index (χ0v) is 15.2. The van der Waals surface area contributed by atoms with Crippen molar-refractivity contribution in [2.75, 3.05) is 5.32 Å². The first-order valence-electron chi connectivity index (χ1n) is 7.62. The molecule has 0 spiro atoms. The Kier molecular flexibility index (Phi) is 5.14. The van der Waals surface area contributed by atoms with Crippen LogP contribution in [0.15, 0.2) is 6.07 Å². The van der Waals surface area contributed by atoms with E-state index in [0.29, 0.717) is 22.6 Å². The monoisotopic (exact) mass is 321 g/mol. The van der Waals surface area contributed by atoms with Gasteiger partial charge in [-0.05, 0) is 22.5 Å². The van der Waals surface area contributed by atoms with Crippen LogP contribution in [0.2, 0.25) is 0 Å². The Labute approximate surface area is 138 Å². The smallest absolute Gasteiger partial charge is 0.308 e. The van der Waals surface area contributed by atoms with Gasteiger partial charge in [0.25, 0.3) is 0 Å². The molecule has 0 heterocycles. The third-order valence-electron chi connectivity index (χ3n) is 3.38. The predicted octanol–water partition coefficient (Wildman–Crippen LogP) is 3.87. The van der Waals surface area contributed by atoms with Gasteiger partial charge in [0, 0.05) is 19.4 Å². The highest BCUT2D eigenvalue weighted by Gasteiger charge is 2.31. The van der Waals surface area contributed by atoms with E-state index in [4.69, 9.17) is 4.74 Å². The fraction of sp³-hybridized carbons (Fsp3) is 0.556. The van der Waals surface area contributed by atoms with E-state index in [0.717, 1.165) is 0 Å². The number of carbonyl (C=O) groups is 2. The molecule has 23 heavy (non-hydrogen) atoms. The first-order chi connectivity index (χ1) is 10.2. The topological polar surface area (TPSA) is 75.6 Å². The van der Waals surface area contributed by atoms with Crippen LogP contribution in [-0.2, 0) is 20.4 Å². The number of phenols is 1. The van der Waals surface area contributed by atoms with Gasteiger partial charge in [-0.1, -0.05) is 41.5 Å². The molecule has 5 nitrogen and oxygen atoms in total. The third-order valence-corrected chi connectivity index (χ3v) is 3.38. The molecule has 1 aromatic carbocycles. The Hall–Kier alpha value is -2.04. The Morgan fingerprint density at radius 2 is 1.57 bits per heavy atom. The van der Waals surface area contributed by atoms with Crippen LogP contribution in [0.25, 0.3) is 0 Å². The van der Waals surface area contributed by atoms with Crippen molar-refractivity contribution < 1.29 is 19.4 Å². The average Bonchev–Trinajstić information content (AvgIpc) is 2.27. The maximum atomic E-state index is 11.6. The molecule has 0 aliphatic rings. The summed E-state index contributed by atoms with van der Waals surface area (Å²) in [4.78, 5) is 23.0. The zero-order valence-electron chi connectivity index (χ0n) is 15.2. The summed E-state index contributed by atoms with van der Waals surface area (Å²) in [6.45, 7) is 14.3. The largest absolute Gasteiger partial charge is 0.505 e. The Balaban J connectivity index is 3.82. The molecule has 0 aliphatic carbocycles. The van der Waals surface area contributed by atoms with E-state index in [-0.39, 0.29) is 17.1 Å². The van der Waals surface area contributed by atoms with Crippen molar-refractivity contribution in [1.82, 2.24) is 0 Å². The highest BCUT2D eigenvalue weighted by atomic mass is 16.5. The maximum absolute atomic E-state index is 11.6. The molecule has 0 atom stereocenters. The summed E-state index contributed by atoms with van der Waals surface area (Å²) in [6, 6.07) is 1.73. The van der Waals surface area contributed by atoms with E-state index in [1.54, 1.807) is 6.07 Å². The molecule has 0 unspecified atom stereocenters. The standard InChI is InChI=1S/C18H27NO4/c1-10(20)19-15-12(17(3,4)5)9-13(23-11(2)21)14(16(15)22)18(6,7)8/h9,22H,1-8H3,(H,19,20). The van der Waals surface area contributed by atoms with E-state index in [9.17, 15) is 14.7 Å². The second-order valence-electron chi connectivity index (χ2n) is 7.80. The van der Waals surface area contributed by atoms with Gasteiger partial charge < -0.3 is 15.2 Å². The number of benzene rings is 1. The summed E-state index contributed by atoms with van der Waals surface area (Å²) in [5.74, 6) is -0.467. The Morgan fingerprint density at radius 3 is 1.91 bits per heavy atom. The fourth-order valence-corrected chi connectivity index (χ4v) is 2.50. The van der Waals surface area contributed by atoms with Crippen LogP contribution in [0.4, 0.5) is 5.69 Å². The molecule has 0 saturated heterocycles. The van der Waals surface area contributed by atoms with Gasteiger partial charge in [-0.15, -0.1) is 0 Å². The third kappa shape index (κ3) is 4.47. The molecule has 0 radical (unpaired) electrons. The van der Waals surface area contributed by atoms with Gasteiger partial charge >= 0.3 is 5.97 Å². The van der Waals surface area contributed by atoms with Crippen LogP contribution < -0.4 is 10.1 Å². The first kappa shape index (κ1) is 19.0. The lowest BCUT2D eigenvalue weighted by molar-refractivity contribution is -0.132. The molecule has 0 bridgehead atoms. The summed E-state index contributed by atoms with van der Waals surface area (Å²) in [6.07, 6.45) is 0.